The Labute approximate surface area is 135 Å². The highest BCUT2D eigenvalue weighted by molar-refractivity contribution is 7.80. The molecule has 128 valence electrons. The van der Waals surface area contributed by atoms with E-state index in [1.807, 2.05) is 0 Å². The zero-order valence-electron chi connectivity index (χ0n) is 13.4. The first-order valence-electron chi connectivity index (χ1n) is 6.68. The molecular formula is C13H24N2O6S. The fourth-order valence-corrected chi connectivity index (χ4v) is 1.66. The molecule has 0 saturated heterocycles. The van der Waals surface area contributed by atoms with Gasteiger partial charge < -0.3 is 25.2 Å². The number of rotatable bonds is 6. The minimum atomic E-state index is -1.24. The van der Waals surface area contributed by atoms with Crippen LogP contribution in [0.15, 0.2) is 0 Å². The van der Waals surface area contributed by atoms with Crippen LogP contribution in [0.3, 0.4) is 0 Å². The fraction of sp³-hybridized carbons (Fsp3) is 0.769. The van der Waals surface area contributed by atoms with E-state index in [1.54, 1.807) is 20.8 Å². The Morgan fingerprint density at radius 1 is 1.23 bits per heavy atom. The number of esters is 1. The Morgan fingerprint density at radius 3 is 2.14 bits per heavy atom. The monoisotopic (exact) mass is 336 g/mol. The number of hydrogen-bond acceptors (Lipinski definition) is 7. The number of carbonyl (C=O) groups excluding carboxylic acids is 3. The zero-order chi connectivity index (χ0) is 17.5. The van der Waals surface area contributed by atoms with Crippen molar-refractivity contribution in [3.05, 3.63) is 0 Å². The van der Waals surface area contributed by atoms with Gasteiger partial charge in [-0.2, -0.15) is 12.6 Å². The third kappa shape index (κ3) is 7.51. The van der Waals surface area contributed by atoms with Gasteiger partial charge in [-0.1, -0.05) is 0 Å². The molecule has 0 heterocycles. The lowest BCUT2D eigenvalue weighted by atomic mass is 10.1. The molecule has 3 unspecified atom stereocenters. The summed E-state index contributed by atoms with van der Waals surface area (Å²) >= 11 is 3.98. The standard InChI is InChI=1S/C13H24N2O6S/c1-7(16)9(11(18)20-5)15-10(17)8(6-22)14-12(19)21-13(2,3)4/h7-9,16,22H,6H2,1-5H3,(H,14,19)(H,15,17). The van der Waals surface area contributed by atoms with Gasteiger partial charge >= 0.3 is 12.1 Å². The van der Waals surface area contributed by atoms with E-state index >= 15 is 0 Å². The van der Waals surface area contributed by atoms with Gasteiger partial charge in [0.2, 0.25) is 5.91 Å². The minimum absolute atomic E-state index is 0.0151. The smallest absolute Gasteiger partial charge is 0.408 e. The maximum atomic E-state index is 12.1. The first kappa shape index (κ1) is 20.5. The molecule has 0 saturated carbocycles. The van der Waals surface area contributed by atoms with Gasteiger partial charge in [-0.3, -0.25) is 4.79 Å². The average Bonchev–Trinajstić information content (AvgIpc) is 2.38. The van der Waals surface area contributed by atoms with Crippen molar-refractivity contribution in [2.75, 3.05) is 12.9 Å². The summed E-state index contributed by atoms with van der Waals surface area (Å²) in [6.07, 6.45) is -1.94. The molecule has 0 aliphatic heterocycles. The molecule has 3 atom stereocenters. The van der Waals surface area contributed by atoms with E-state index in [1.165, 1.54) is 6.92 Å². The molecule has 0 radical (unpaired) electrons. The van der Waals surface area contributed by atoms with Crippen LogP contribution in [0.25, 0.3) is 0 Å². The number of nitrogens with one attached hydrogen (secondary N) is 2. The van der Waals surface area contributed by atoms with E-state index in [2.05, 4.69) is 28.0 Å². The quantitative estimate of drug-likeness (QED) is 0.396. The second-order valence-corrected chi connectivity index (χ2v) is 6.00. The normalized spacial score (nSPS) is 15.2. The second kappa shape index (κ2) is 8.84. The van der Waals surface area contributed by atoms with Crippen molar-refractivity contribution in [3.8, 4) is 0 Å². The number of alkyl carbamates (subject to hydrolysis) is 1. The molecule has 8 nitrogen and oxygen atoms in total. The van der Waals surface area contributed by atoms with Gasteiger partial charge in [-0.25, -0.2) is 9.59 Å². The van der Waals surface area contributed by atoms with Crippen molar-refractivity contribution in [1.82, 2.24) is 10.6 Å². The summed E-state index contributed by atoms with van der Waals surface area (Å²) in [5.74, 6) is -1.49. The molecule has 0 aliphatic carbocycles. The number of aliphatic hydroxyl groups is 1. The topological polar surface area (TPSA) is 114 Å². The van der Waals surface area contributed by atoms with E-state index in [9.17, 15) is 19.5 Å². The fourth-order valence-electron chi connectivity index (χ4n) is 1.40. The molecule has 0 fully saturated rings. The van der Waals surface area contributed by atoms with Crippen LogP contribution in [0.5, 0.6) is 0 Å². The predicted molar refractivity (Wildman–Crippen MR) is 82.6 cm³/mol. The third-order valence-corrected chi connectivity index (χ3v) is 2.79. The summed E-state index contributed by atoms with van der Waals surface area (Å²) < 4.78 is 9.53. The van der Waals surface area contributed by atoms with Crippen molar-refractivity contribution < 1.29 is 29.0 Å². The lowest BCUT2D eigenvalue weighted by Gasteiger charge is -2.24. The molecule has 3 N–H and O–H groups in total. The van der Waals surface area contributed by atoms with E-state index in [-0.39, 0.29) is 5.75 Å². The maximum absolute atomic E-state index is 12.1. The first-order chi connectivity index (χ1) is 10.0. The summed E-state index contributed by atoms with van der Waals surface area (Å²) in [7, 11) is 1.14. The van der Waals surface area contributed by atoms with Crippen LogP contribution in [0, 0.1) is 0 Å². The number of aliphatic hydroxyl groups excluding tert-OH is 1. The Bertz CT molecular complexity index is 408. The molecule has 0 spiro atoms. The van der Waals surface area contributed by atoms with Crippen LogP contribution in [0.2, 0.25) is 0 Å². The molecule has 2 amide bonds. The molecule has 22 heavy (non-hydrogen) atoms. The predicted octanol–water partition coefficient (Wildman–Crippen LogP) is -0.152. The number of amides is 2. The van der Waals surface area contributed by atoms with Gasteiger partial charge in [0.05, 0.1) is 13.2 Å². The largest absolute Gasteiger partial charge is 0.467 e. The Balaban J connectivity index is 4.77. The highest BCUT2D eigenvalue weighted by atomic mass is 32.1. The molecule has 0 aromatic rings. The van der Waals surface area contributed by atoms with E-state index in [0.29, 0.717) is 0 Å². The summed E-state index contributed by atoms with van der Waals surface area (Å²) in [5.41, 5.74) is -0.712. The number of carbonyl (C=O) groups is 3. The summed E-state index contributed by atoms with van der Waals surface area (Å²) in [6, 6.07) is -2.26. The second-order valence-electron chi connectivity index (χ2n) is 5.63. The van der Waals surface area contributed by atoms with E-state index in [0.717, 1.165) is 7.11 Å². The van der Waals surface area contributed by atoms with Gasteiger partial charge in [-0.05, 0) is 27.7 Å². The first-order valence-corrected chi connectivity index (χ1v) is 7.31. The molecule has 0 aliphatic rings. The van der Waals surface area contributed by atoms with Gasteiger partial charge in [-0.15, -0.1) is 0 Å². The van der Waals surface area contributed by atoms with Crippen LogP contribution in [0.4, 0.5) is 4.79 Å². The van der Waals surface area contributed by atoms with Crippen molar-refractivity contribution in [2.45, 2.75) is 51.5 Å². The van der Waals surface area contributed by atoms with Crippen LogP contribution in [0.1, 0.15) is 27.7 Å². The van der Waals surface area contributed by atoms with Crippen molar-refractivity contribution in [1.29, 1.82) is 0 Å². The molecule has 0 aromatic carbocycles. The summed E-state index contributed by atoms with van der Waals surface area (Å²) in [6.45, 7) is 6.38. The lowest BCUT2D eigenvalue weighted by molar-refractivity contribution is -0.148. The van der Waals surface area contributed by atoms with Crippen LogP contribution in [-0.4, -0.2) is 59.7 Å². The van der Waals surface area contributed by atoms with E-state index < -0.39 is 41.8 Å². The maximum Gasteiger partial charge on any atom is 0.408 e. The van der Waals surface area contributed by atoms with Crippen molar-refractivity contribution in [2.24, 2.45) is 0 Å². The van der Waals surface area contributed by atoms with Crippen LogP contribution < -0.4 is 10.6 Å². The number of thiol groups is 1. The summed E-state index contributed by atoms with van der Waals surface area (Å²) in [5, 5.41) is 14.1. The third-order valence-electron chi connectivity index (χ3n) is 2.43. The average molecular weight is 336 g/mol. The van der Waals surface area contributed by atoms with Gasteiger partial charge in [0.1, 0.15) is 11.6 Å². The highest BCUT2D eigenvalue weighted by Crippen LogP contribution is 2.07. The van der Waals surface area contributed by atoms with Gasteiger partial charge in [0.25, 0.3) is 0 Å². The van der Waals surface area contributed by atoms with E-state index in [4.69, 9.17) is 4.74 Å². The SMILES string of the molecule is COC(=O)C(NC(=O)C(CS)NC(=O)OC(C)(C)C)C(C)O. The molecule has 9 heteroatoms. The van der Waals surface area contributed by atoms with Crippen molar-refractivity contribution in [3.63, 3.8) is 0 Å². The molecular weight excluding hydrogens is 312 g/mol. The summed E-state index contributed by atoms with van der Waals surface area (Å²) in [4.78, 5) is 35.2. The van der Waals surface area contributed by atoms with Crippen LogP contribution >= 0.6 is 12.6 Å². The van der Waals surface area contributed by atoms with Crippen molar-refractivity contribution >= 4 is 30.6 Å². The number of methoxy groups -OCH3 is 1. The Kier molecular flexibility index (Phi) is 8.25. The van der Waals surface area contributed by atoms with Crippen LogP contribution in [-0.2, 0) is 19.1 Å². The zero-order valence-corrected chi connectivity index (χ0v) is 14.3. The van der Waals surface area contributed by atoms with Gasteiger partial charge in [0.15, 0.2) is 6.04 Å². The van der Waals surface area contributed by atoms with Gasteiger partial charge in [0, 0.05) is 5.75 Å². The minimum Gasteiger partial charge on any atom is -0.467 e. The molecule has 0 rings (SSSR count). The number of ether oxygens (including phenoxy) is 2. The number of hydrogen-bond donors (Lipinski definition) is 4. The lowest BCUT2D eigenvalue weighted by Crippen LogP contribution is -2.56. The Hall–Kier alpha value is -1.48. The molecule has 0 aromatic heterocycles. The Morgan fingerprint density at radius 2 is 1.77 bits per heavy atom. The highest BCUT2D eigenvalue weighted by Gasteiger charge is 2.30. The molecule has 0 bridgehead atoms.